The molecule has 2 heteroatoms. The quantitative estimate of drug-likeness (QED) is 0.162. The minimum Gasteiger partial charge on any atom is -0.309 e. The van der Waals surface area contributed by atoms with Crippen molar-refractivity contribution in [2.75, 3.05) is 0 Å². The van der Waals surface area contributed by atoms with Crippen LogP contribution in [-0.4, -0.2) is 9.13 Å². The van der Waals surface area contributed by atoms with Gasteiger partial charge in [-0.15, -0.1) is 0 Å². The van der Waals surface area contributed by atoms with E-state index in [1.807, 2.05) is 0 Å². The van der Waals surface area contributed by atoms with Crippen LogP contribution in [0.3, 0.4) is 0 Å². The van der Waals surface area contributed by atoms with Crippen LogP contribution >= 0.6 is 0 Å². The molecule has 0 unspecified atom stereocenters. The van der Waals surface area contributed by atoms with Crippen molar-refractivity contribution in [3.8, 4) is 11.4 Å². The molecule has 11 rings (SSSR count). The molecule has 2 aromatic heterocycles. The van der Waals surface area contributed by atoms with Crippen molar-refractivity contribution >= 4 is 75.9 Å². The monoisotopic (exact) mass is 668 g/mol. The molecule has 0 spiro atoms. The van der Waals surface area contributed by atoms with E-state index in [1.54, 1.807) is 0 Å². The Morgan fingerprint density at radius 1 is 0.385 bits per heavy atom. The van der Waals surface area contributed by atoms with Gasteiger partial charge in [-0.25, -0.2) is 0 Å². The highest BCUT2D eigenvalue weighted by atomic mass is 15.0. The lowest BCUT2D eigenvalue weighted by molar-refractivity contribution is 0.334. The molecular weight excluding hydrogens is 629 g/mol. The Morgan fingerprint density at radius 3 is 1.69 bits per heavy atom. The van der Waals surface area contributed by atoms with E-state index in [1.165, 1.54) is 111 Å². The Kier molecular flexibility index (Phi) is 5.94. The normalized spacial score (nSPS) is 15.5. The fraction of sp³-hybridized carbons (Fsp3) is 0.160. The zero-order valence-electron chi connectivity index (χ0n) is 30.2. The molecular formula is C50H40N2. The summed E-state index contributed by atoms with van der Waals surface area (Å²) in [7, 11) is 0. The summed E-state index contributed by atoms with van der Waals surface area (Å²) in [5.41, 5.74) is 10.6. The van der Waals surface area contributed by atoms with E-state index >= 15 is 0 Å². The van der Waals surface area contributed by atoms with Crippen LogP contribution < -0.4 is 0 Å². The molecule has 0 radical (unpaired) electrons. The molecule has 0 saturated carbocycles. The minimum atomic E-state index is 0.0420. The van der Waals surface area contributed by atoms with E-state index in [0.717, 1.165) is 0 Å². The van der Waals surface area contributed by atoms with Crippen LogP contribution in [0.5, 0.6) is 0 Å². The molecule has 1 aliphatic carbocycles. The second-order valence-electron chi connectivity index (χ2n) is 16.4. The molecule has 0 saturated heterocycles. The lowest BCUT2D eigenvalue weighted by Gasteiger charge is -2.42. The Balaban J connectivity index is 1.37. The Morgan fingerprint density at radius 2 is 0.923 bits per heavy atom. The van der Waals surface area contributed by atoms with Gasteiger partial charge in [-0.05, 0) is 116 Å². The first-order valence-electron chi connectivity index (χ1n) is 18.7. The number of para-hydroxylation sites is 1. The van der Waals surface area contributed by atoms with Gasteiger partial charge in [0, 0.05) is 32.9 Å². The van der Waals surface area contributed by atoms with Crippen molar-refractivity contribution < 1.29 is 0 Å². The maximum Gasteiger partial charge on any atom is 0.0549 e. The van der Waals surface area contributed by atoms with Gasteiger partial charge in [0.15, 0.2) is 0 Å². The topological polar surface area (TPSA) is 9.86 Å². The highest BCUT2D eigenvalue weighted by molar-refractivity contribution is 6.25. The van der Waals surface area contributed by atoms with Gasteiger partial charge >= 0.3 is 0 Å². The zero-order chi connectivity index (χ0) is 34.9. The first-order valence-corrected chi connectivity index (χ1v) is 18.7. The van der Waals surface area contributed by atoms with Crippen molar-refractivity contribution in [3.63, 3.8) is 0 Å². The fourth-order valence-electron chi connectivity index (χ4n) is 9.80. The molecule has 2 nitrogen and oxygen atoms in total. The highest BCUT2D eigenvalue weighted by Crippen LogP contribution is 2.52. The number of hydrogen-bond acceptors (Lipinski definition) is 0. The van der Waals surface area contributed by atoms with Gasteiger partial charge in [-0.1, -0.05) is 125 Å². The van der Waals surface area contributed by atoms with Crippen LogP contribution in [0.1, 0.15) is 51.7 Å². The lowest BCUT2D eigenvalue weighted by atomic mass is 9.62. The summed E-state index contributed by atoms with van der Waals surface area (Å²) >= 11 is 0. The molecule has 0 amide bonds. The van der Waals surface area contributed by atoms with Gasteiger partial charge in [0.2, 0.25) is 0 Å². The molecule has 2 heterocycles. The summed E-state index contributed by atoms with van der Waals surface area (Å²) in [5, 5.41) is 13.0. The number of hydrogen-bond donors (Lipinski definition) is 0. The first-order chi connectivity index (χ1) is 25.3. The van der Waals surface area contributed by atoms with Crippen molar-refractivity contribution in [3.05, 3.63) is 157 Å². The van der Waals surface area contributed by atoms with Gasteiger partial charge in [0.25, 0.3) is 0 Å². The Labute approximate surface area is 303 Å². The van der Waals surface area contributed by atoms with Gasteiger partial charge < -0.3 is 9.13 Å². The van der Waals surface area contributed by atoms with E-state index in [2.05, 4.69) is 182 Å². The maximum atomic E-state index is 2.57. The smallest absolute Gasteiger partial charge is 0.0549 e. The van der Waals surface area contributed by atoms with Crippen LogP contribution in [0.15, 0.2) is 146 Å². The van der Waals surface area contributed by atoms with E-state index in [0.29, 0.717) is 0 Å². The standard InChI is InChI=1S/C50H40N2/c1-49(2)26-27-50(3,4)48-41(49)23-25-43-47(48)40-30-44-39(46-37-17-11-9-13-32(37)21-24-42(46)51(44)34-14-6-5-7-15-34)29-45(40)52(43)35-22-20-33-19-18-31-12-8-10-16-36(31)38(33)28-35/h5-25,28-30H,26-27H2,1-4H3. The summed E-state index contributed by atoms with van der Waals surface area (Å²) in [6.07, 6.45) is 2.35. The van der Waals surface area contributed by atoms with Crippen LogP contribution in [-0.2, 0) is 10.8 Å². The molecule has 0 aliphatic heterocycles. The number of rotatable bonds is 2. The van der Waals surface area contributed by atoms with E-state index in [9.17, 15) is 0 Å². The third kappa shape index (κ3) is 4.01. The van der Waals surface area contributed by atoms with Crippen molar-refractivity contribution in [2.45, 2.75) is 51.4 Å². The van der Waals surface area contributed by atoms with Crippen LogP contribution in [0.2, 0.25) is 0 Å². The molecule has 0 fully saturated rings. The van der Waals surface area contributed by atoms with E-state index in [4.69, 9.17) is 0 Å². The molecule has 8 aromatic carbocycles. The third-order valence-electron chi connectivity index (χ3n) is 12.5. The van der Waals surface area contributed by atoms with Gasteiger partial charge in [-0.3, -0.25) is 0 Å². The van der Waals surface area contributed by atoms with E-state index in [-0.39, 0.29) is 10.8 Å². The molecule has 52 heavy (non-hydrogen) atoms. The summed E-state index contributed by atoms with van der Waals surface area (Å²) < 4.78 is 5.06. The van der Waals surface area contributed by atoms with Gasteiger partial charge in [0.1, 0.15) is 0 Å². The summed E-state index contributed by atoms with van der Waals surface area (Å²) in [6, 6.07) is 54.7. The Hall–Kier alpha value is -5.86. The average Bonchev–Trinajstić information content (AvgIpc) is 3.67. The van der Waals surface area contributed by atoms with Crippen LogP contribution in [0.25, 0.3) is 87.3 Å². The Bertz CT molecular complexity index is 3110. The number of fused-ring (bicyclic) bond motifs is 13. The van der Waals surface area contributed by atoms with Crippen molar-refractivity contribution in [1.29, 1.82) is 0 Å². The number of nitrogens with zero attached hydrogens (tertiary/aromatic N) is 2. The van der Waals surface area contributed by atoms with E-state index < -0.39 is 0 Å². The molecule has 10 aromatic rings. The summed E-state index contributed by atoms with van der Waals surface area (Å²) in [4.78, 5) is 0. The fourth-order valence-corrected chi connectivity index (χ4v) is 9.80. The lowest BCUT2D eigenvalue weighted by Crippen LogP contribution is -2.34. The first kappa shape index (κ1) is 29.8. The van der Waals surface area contributed by atoms with Crippen molar-refractivity contribution in [2.24, 2.45) is 0 Å². The predicted molar refractivity (Wildman–Crippen MR) is 223 cm³/mol. The highest BCUT2D eigenvalue weighted by Gasteiger charge is 2.39. The average molecular weight is 669 g/mol. The van der Waals surface area contributed by atoms with Crippen molar-refractivity contribution in [1.82, 2.24) is 9.13 Å². The number of aromatic nitrogens is 2. The number of benzene rings is 8. The largest absolute Gasteiger partial charge is 0.309 e. The SMILES string of the molecule is CC1(C)CCC(C)(C)c2c1ccc1c2c2cc3c(cc2n1-c1ccc2ccc4ccccc4c2c1)c1c2ccccc2ccc1n3-c1ccccc1. The van der Waals surface area contributed by atoms with Gasteiger partial charge in [-0.2, -0.15) is 0 Å². The summed E-state index contributed by atoms with van der Waals surface area (Å²) in [6.45, 7) is 9.82. The maximum absolute atomic E-state index is 2.57. The zero-order valence-corrected chi connectivity index (χ0v) is 30.2. The molecule has 1 aliphatic rings. The molecule has 250 valence electrons. The second kappa shape index (κ2) is 10.4. The third-order valence-corrected chi connectivity index (χ3v) is 12.5. The summed E-state index contributed by atoms with van der Waals surface area (Å²) in [5.74, 6) is 0. The molecule has 0 N–H and O–H groups in total. The van der Waals surface area contributed by atoms with Crippen LogP contribution in [0.4, 0.5) is 0 Å². The second-order valence-corrected chi connectivity index (χ2v) is 16.4. The molecule has 0 atom stereocenters. The van der Waals surface area contributed by atoms with Gasteiger partial charge in [0.05, 0.1) is 22.1 Å². The molecule has 0 bridgehead atoms. The predicted octanol–water partition coefficient (Wildman–Crippen LogP) is 13.7. The van der Waals surface area contributed by atoms with Crippen LogP contribution in [0, 0.1) is 0 Å². The minimum absolute atomic E-state index is 0.0420.